The van der Waals surface area contributed by atoms with Crippen LogP contribution < -0.4 is 0 Å². The summed E-state index contributed by atoms with van der Waals surface area (Å²) in [7, 11) is -0.505. The van der Waals surface area contributed by atoms with E-state index in [1.807, 2.05) is 34.6 Å². The molecule has 0 spiro atoms. The van der Waals surface area contributed by atoms with Gasteiger partial charge in [-0.2, -0.15) is 0 Å². The maximum atomic E-state index is 6.12. The van der Waals surface area contributed by atoms with E-state index in [1.165, 1.54) is 0 Å². The lowest BCUT2D eigenvalue weighted by atomic mass is 9.78. The lowest BCUT2D eigenvalue weighted by Gasteiger charge is -2.32. The summed E-state index contributed by atoms with van der Waals surface area (Å²) in [4.78, 5) is 3.75. The summed E-state index contributed by atoms with van der Waals surface area (Å²) in [5.74, 6) is 0. The van der Waals surface area contributed by atoms with Crippen molar-refractivity contribution in [3.8, 4) is 0 Å². The summed E-state index contributed by atoms with van der Waals surface area (Å²) in [5, 5.41) is 0.566. The molecule has 0 aromatic carbocycles. The quantitative estimate of drug-likeness (QED) is 0.440. The number of aliphatic imine (C=N–C) groups is 1. The lowest BCUT2D eigenvalue weighted by Crippen LogP contribution is -2.41. The standard InChI is InChI=1S/C12H19BClNO2/c1-7-10(14)9(8-15-6)13-16-11(2,3)12(4,5)17-13/h7-8H,6H2,1-5H3/b9-8+,10-7+. The van der Waals surface area contributed by atoms with Crippen LogP contribution in [-0.2, 0) is 9.31 Å². The Bertz CT molecular complexity index is 359. The molecule has 0 aromatic rings. The third-order valence-electron chi connectivity index (χ3n) is 3.27. The Hall–Kier alpha value is -0.575. The molecule has 17 heavy (non-hydrogen) atoms. The minimum atomic E-state index is -0.505. The number of allylic oxidation sites excluding steroid dienone is 3. The van der Waals surface area contributed by atoms with Gasteiger partial charge in [-0.05, 0) is 41.3 Å². The Labute approximate surface area is 109 Å². The fourth-order valence-corrected chi connectivity index (χ4v) is 1.61. The number of hydrogen-bond acceptors (Lipinski definition) is 3. The third-order valence-corrected chi connectivity index (χ3v) is 3.70. The van der Waals surface area contributed by atoms with Gasteiger partial charge in [0.25, 0.3) is 0 Å². The maximum absolute atomic E-state index is 6.12. The van der Waals surface area contributed by atoms with Crippen LogP contribution in [0.5, 0.6) is 0 Å². The zero-order valence-electron chi connectivity index (χ0n) is 11.1. The summed E-state index contributed by atoms with van der Waals surface area (Å²) < 4.78 is 11.8. The molecule has 0 unspecified atom stereocenters. The molecule has 0 aliphatic carbocycles. The minimum absolute atomic E-state index is 0.386. The van der Waals surface area contributed by atoms with Gasteiger partial charge in [-0.25, -0.2) is 0 Å². The van der Waals surface area contributed by atoms with Crippen LogP contribution in [0, 0.1) is 0 Å². The van der Waals surface area contributed by atoms with Crippen molar-refractivity contribution in [1.82, 2.24) is 0 Å². The summed E-state index contributed by atoms with van der Waals surface area (Å²) in [6, 6.07) is 0. The molecule has 5 heteroatoms. The molecule has 0 amide bonds. The summed E-state index contributed by atoms with van der Waals surface area (Å²) in [5.41, 5.74) is -0.0751. The van der Waals surface area contributed by atoms with Crippen molar-refractivity contribution in [1.29, 1.82) is 0 Å². The van der Waals surface area contributed by atoms with E-state index >= 15 is 0 Å². The zero-order chi connectivity index (χ0) is 13.3. The van der Waals surface area contributed by atoms with E-state index in [0.29, 0.717) is 10.5 Å². The SMILES string of the molecule is C=N/C=C(B1OC(C)(C)C(C)(C)O1)\C(Cl)=C/C. The van der Waals surface area contributed by atoms with Gasteiger partial charge in [0.2, 0.25) is 0 Å². The molecule has 0 radical (unpaired) electrons. The fourth-order valence-electron chi connectivity index (χ4n) is 1.47. The Balaban J connectivity index is 3.03. The number of nitrogens with zero attached hydrogens (tertiary/aromatic N) is 1. The molecular weight excluding hydrogens is 236 g/mol. The van der Waals surface area contributed by atoms with Crippen molar-refractivity contribution in [2.24, 2.45) is 4.99 Å². The Morgan fingerprint density at radius 2 is 1.71 bits per heavy atom. The van der Waals surface area contributed by atoms with Crippen LogP contribution in [0.1, 0.15) is 34.6 Å². The molecule has 1 saturated heterocycles. The van der Waals surface area contributed by atoms with Crippen LogP contribution in [0.25, 0.3) is 0 Å². The molecule has 94 valence electrons. The number of rotatable bonds is 3. The maximum Gasteiger partial charge on any atom is 0.497 e. The second-order valence-electron chi connectivity index (χ2n) is 4.99. The van der Waals surface area contributed by atoms with Crippen molar-refractivity contribution >= 4 is 25.4 Å². The largest absolute Gasteiger partial charge is 0.497 e. The van der Waals surface area contributed by atoms with E-state index in [4.69, 9.17) is 20.9 Å². The molecule has 0 aromatic heterocycles. The van der Waals surface area contributed by atoms with Gasteiger partial charge in [0, 0.05) is 16.7 Å². The van der Waals surface area contributed by atoms with Gasteiger partial charge >= 0.3 is 7.12 Å². The van der Waals surface area contributed by atoms with Gasteiger partial charge in [-0.1, -0.05) is 17.7 Å². The molecule has 1 aliphatic heterocycles. The molecule has 0 bridgehead atoms. The highest BCUT2D eigenvalue weighted by Crippen LogP contribution is 2.40. The molecule has 1 rings (SSSR count). The van der Waals surface area contributed by atoms with Crippen molar-refractivity contribution < 1.29 is 9.31 Å². The first kappa shape index (κ1) is 14.5. The fraction of sp³-hybridized carbons (Fsp3) is 0.583. The van der Waals surface area contributed by atoms with E-state index < -0.39 is 7.12 Å². The van der Waals surface area contributed by atoms with Gasteiger partial charge in [0.1, 0.15) is 0 Å². The van der Waals surface area contributed by atoms with Crippen LogP contribution >= 0.6 is 11.6 Å². The first-order valence-electron chi connectivity index (χ1n) is 5.59. The second kappa shape index (κ2) is 4.97. The first-order chi connectivity index (χ1) is 7.75. The predicted octanol–water partition coefficient (Wildman–Crippen LogP) is 3.34. The molecule has 1 fully saturated rings. The average Bonchev–Trinajstić information content (AvgIpc) is 2.43. The number of halogens is 1. The molecule has 0 atom stereocenters. The molecule has 3 nitrogen and oxygen atoms in total. The second-order valence-corrected chi connectivity index (χ2v) is 5.40. The van der Waals surface area contributed by atoms with Crippen molar-refractivity contribution in [2.45, 2.75) is 45.8 Å². The molecule has 0 N–H and O–H groups in total. The van der Waals surface area contributed by atoms with Gasteiger partial charge in [-0.15, -0.1) is 0 Å². The smallest absolute Gasteiger partial charge is 0.399 e. The van der Waals surface area contributed by atoms with Crippen LogP contribution in [0.4, 0.5) is 0 Å². The topological polar surface area (TPSA) is 30.8 Å². The highest BCUT2D eigenvalue weighted by atomic mass is 35.5. The summed E-state index contributed by atoms with van der Waals surface area (Å²) >= 11 is 6.12. The molecule has 1 aliphatic rings. The van der Waals surface area contributed by atoms with E-state index in [9.17, 15) is 0 Å². The molecular formula is C12H19BClNO2. The van der Waals surface area contributed by atoms with E-state index in [2.05, 4.69) is 11.7 Å². The Morgan fingerprint density at radius 1 is 1.24 bits per heavy atom. The highest BCUT2D eigenvalue weighted by Gasteiger charge is 2.52. The average molecular weight is 256 g/mol. The van der Waals surface area contributed by atoms with Gasteiger partial charge in [0.15, 0.2) is 0 Å². The lowest BCUT2D eigenvalue weighted by molar-refractivity contribution is 0.00578. The Kier molecular flexibility index (Phi) is 4.23. The van der Waals surface area contributed by atoms with Crippen molar-refractivity contribution in [2.75, 3.05) is 0 Å². The van der Waals surface area contributed by atoms with E-state index in [1.54, 1.807) is 12.3 Å². The minimum Gasteiger partial charge on any atom is -0.399 e. The van der Waals surface area contributed by atoms with Crippen LogP contribution in [-0.4, -0.2) is 25.0 Å². The highest BCUT2D eigenvalue weighted by molar-refractivity contribution is 6.59. The monoisotopic (exact) mass is 255 g/mol. The Morgan fingerprint density at radius 3 is 2.06 bits per heavy atom. The van der Waals surface area contributed by atoms with Crippen molar-refractivity contribution in [3.63, 3.8) is 0 Å². The van der Waals surface area contributed by atoms with Crippen LogP contribution in [0.2, 0.25) is 0 Å². The van der Waals surface area contributed by atoms with Crippen LogP contribution in [0.3, 0.4) is 0 Å². The van der Waals surface area contributed by atoms with Crippen LogP contribution in [0.15, 0.2) is 27.8 Å². The number of hydrogen-bond donors (Lipinski definition) is 0. The summed E-state index contributed by atoms with van der Waals surface area (Å²) in [6.45, 7) is 13.3. The molecule has 0 saturated carbocycles. The molecule has 1 heterocycles. The van der Waals surface area contributed by atoms with Gasteiger partial charge < -0.3 is 9.31 Å². The summed E-state index contributed by atoms with van der Waals surface area (Å²) in [6.07, 6.45) is 3.36. The van der Waals surface area contributed by atoms with Gasteiger partial charge in [0.05, 0.1) is 11.2 Å². The van der Waals surface area contributed by atoms with Crippen molar-refractivity contribution in [3.05, 3.63) is 22.8 Å². The van der Waals surface area contributed by atoms with Gasteiger partial charge in [-0.3, -0.25) is 4.99 Å². The normalized spacial score (nSPS) is 24.0. The third kappa shape index (κ3) is 2.82. The first-order valence-corrected chi connectivity index (χ1v) is 5.96. The van der Waals surface area contributed by atoms with E-state index in [-0.39, 0.29) is 11.2 Å². The predicted molar refractivity (Wildman–Crippen MR) is 73.3 cm³/mol. The zero-order valence-corrected chi connectivity index (χ0v) is 11.8. The van der Waals surface area contributed by atoms with E-state index in [0.717, 1.165) is 0 Å².